The Bertz CT molecular complexity index is 1050. The minimum atomic E-state index is -8.02. The van der Waals surface area contributed by atoms with Crippen molar-refractivity contribution < 1.29 is 81.6 Å². The van der Waals surface area contributed by atoms with E-state index in [-0.39, 0.29) is 0 Å². The predicted molar refractivity (Wildman–Crippen MR) is 81.0 cm³/mol. The molecule has 0 heterocycles. The molecule has 0 aromatic heterocycles. The van der Waals surface area contributed by atoms with Crippen LogP contribution >= 0.6 is 0 Å². The van der Waals surface area contributed by atoms with Crippen LogP contribution in [0.5, 0.6) is 0 Å². The van der Waals surface area contributed by atoms with Gasteiger partial charge in [-0.1, -0.05) is 0 Å². The van der Waals surface area contributed by atoms with Gasteiger partial charge in [0.1, 0.15) is 0 Å². The number of alkyl halides is 9. The minimum Gasteiger partial charge on any atom is -0.251 e. The van der Waals surface area contributed by atoms with E-state index in [4.69, 9.17) is 0 Å². The van der Waals surface area contributed by atoms with Crippen LogP contribution in [-0.4, -0.2) is 71.1 Å². The maximum Gasteiger partial charge on any atom is 0.470 e. The van der Waals surface area contributed by atoms with Crippen molar-refractivity contribution in [1.29, 1.82) is 0 Å². The molecule has 0 spiro atoms. The summed E-state index contributed by atoms with van der Waals surface area (Å²) in [4.78, 5) is 0. The Labute approximate surface area is 168 Å². The molecule has 0 rings (SSSR count). The van der Waals surface area contributed by atoms with E-state index in [0.717, 1.165) is 12.5 Å². The lowest BCUT2D eigenvalue weighted by Gasteiger charge is -2.31. The zero-order valence-electron chi connectivity index (χ0n) is 14.0. The van der Waals surface area contributed by atoms with Crippen molar-refractivity contribution >= 4 is 49.6 Å². The third-order valence-corrected chi connectivity index (χ3v) is 11.4. The maximum absolute atomic E-state index is 12.0. The number of rotatable bonds is 5. The van der Waals surface area contributed by atoms with Crippen LogP contribution < -0.4 is 4.13 Å². The van der Waals surface area contributed by atoms with Crippen LogP contribution in [0.1, 0.15) is 0 Å². The van der Waals surface area contributed by atoms with Crippen molar-refractivity contribution in [1.82, 2.24) is 4.13 Å². The smallest absolute Gasteiger partial charge is 0.251 e. The third-order valence-electron chi connectivity index (χ3n) is 1.88. The van der Waals surface area contributed by atoms with Crippen molar-refractivity contribution in [3.8, 4) is 0 Å². The van der Waals surface area contributed by atoms with Crippen LogP contribution in [-0.2, 0) is 49.6 Å². The molecule has 0 aliphatic carbocycles. The molecule has 190 valence electrons. The zero-order chi connectivity index (χ0) is 26.3. The van der Waals surface area contributed by atoms with Gasteiger partial charge in [-0.3, -0.25) is 25.3 Å². The van der Waals surface area contributed by atoms with Gasteiger partial charge in [0.15, 0.2) is 29.5 Å². The number of halogens is 9. The Balaban J connectivity index is 0. The first-order valence-corrected chi connectivity index (χ1v) is 14.0. The minimum absolute atomic E-state index is 0.772. The highest BCUT2D eigenvalue weighted by molar-refractivity contribution is 8.29. The second-order valence-corrected chi connectivity index (χ2v) is 14.9. The average Bonchev–Trinajstić information content (AvgIpc) is 2.28. The van der Waals surface area contributed by atoms with Gasteiger partial charge in [-0.05, 0) is 0 Å². The molecule has 0 aromatic rings. The topological polar surface area (TPSA) is 183 Å². The van der Waals surface area contributed by atoms with Crippen LogP contribution in [0.3, 0.4) is 0 Å². The molecular formula is C6H7F9NO10S5-. The van der Waals surface area contributed by atoms with Gasteiger partial charge >= 0.3 is 16.5 Å². The van der Waals surface area contributed by atoms with E-state index >= 15 is 0 Å². The fourth-order valence-electron chi connectivity index (χ4n) is 0.992. The van der Waals surface area contributed by atoms with Gasteiger partial charge in [-0.25, -0.2) is 16.8 Å². The van der Waals surface area contributed by atoms with Crippen LogP contribution in [0.25, 0.3) is 0 Å². The van der Waals surface area contributed by atoms with Crippen LogP contribution in [0.2, 0.25) is 0 Å². The first kappa shape index (κ1) is 32.3. The fraction of sp³-hybridized carbons (Fsp3) is 0.833. The molecule has 0 saturated heterocycles. The molecule has 31 heavy (non-hydrogen) atoms. The Morgan fingerprint density at radius 3 is 0.710 bits per heavy atom. The van der Waals surface area contributed by atoms with E-state index in [1.54, 1.807) is 0 Å². The number of sulfone groups is 3. The Morgan fingerprint density at radius 1 is 0.484 bits per heavy atom. The molecule has 0 amide bonds. The van der Waals surface area contributed by atoms with Crippen molar-refractivity contribution in [2.45, 2.75) is 16.5 Å². The van der Waals surface area contributed by atoms with Gasteiger partial charge in [0.2, 0.25) is 20.0 Å². The summed E-state index contributed by atoms with van der Waals surface area (Å²) in [7, 11) is -31.3. The van der Waals surface area contributed by atoms with Crippen molar-refractivity contribution in [2.24, 2.45) is 0 Å². The summed E-state index contributed by atoms with van der Waals surface area (Å²) in [6.45, 7) is 0. The number of nitrogens with one attached hydrogen (secondary N) is 1. The summed E-state index contributed by atoms with van der Waals surface area (Å²) < 4.78 is 209. The first-order chi connectivity index (χ1) is 12.8. The standard InChI is InChI=1S/C4F9O6S3.C2H7NO4S2/c5-2(6,7)20(14,15)1(21(16,17)3(8,9)10)22(18,19)4(11,12)13;1-8(4,5)3-9(2,6)7/h;3H,1-2H3/q-1;. The van der Waals surface area contributed by atoms with Crippen LogP contribution in [0.4, 0.5) is 39.5 Å². The van der Waals surface area contributed by atoms with Gasteiger partial charge in [0.25, 0.3) is 0 Å². The molecule has 0 saturated carbocycles. The van der Waals surface area contributed by atoms with E-state index in [2.05, 4.69) is 0 Å². The number of sulfonamides is 2. The molecule has 0 aliphatic heterocycles. The second-order valence-electron chi connectivity index (χ2n) is 4.73. The Hall–Kier alpha value is -0.920. The molecule has 0 aliphatic rings. The van der Waals surface area contributed by atoms with Crippen LogP contribution in [0, 0.1) is 3.91 Å². The van der Waals surface area contributed by atoms with Gasteiger partial charge in [-0.15, -0.1) is 4.13 Å². The Morgan fingerprint density at radius 2 is 0.645 bits per heavy atom. The molecule has 0 bridgehead atoms. The fourth-order valence-corrected chi connectivity index (χ4v) is 8.93. The third kappa shape index (κ3) is 8.50. The molecule has 1 N–H and O–H groups in total. The molecule has 0 fully saturated rings. The highest BCUT2D eigenvalue weighted by Crippen LogP contribution is 2.47. The van der Waals surface area contributed by atoms with Crippen molar-refractivity contribution in [3.63, 3.8) is 0 Å². The van der Waals surface area contributed by atoms with E-state index in [0.29, 0.717) is 0 Å². The zero-order valence-corrected chi connectivity index (χ0v) is 18.1. The molecule has 0 radical (unpaired) electrons. The Kier molecular flexibility index (Phi) is 9.15. The summed E-state index contributed by atoms with van der Waals surface area (Å²) >= 11 is 0. The van der Waals surface area contributed by atoms with Crippen molar-refractivity contribution in [3.05, 3.63) is 3.91 Å². The number of hydrogen-bond acceptors (Lipinski definition) is 10. The monoisotopic (exact) mass is 584 g/mol. The van der Waals surface area contributed by atoms with Gasteiger partial charge in [0, 0.05) is 0 Å². The van der Waals surface area contributed by atoms with E-state index in [1.165, 1.54) is 4.13 Å². The van der Waals surface area contributed by atoms with Gasteiger partial charge in [-0.2, -0.15) is 39.5 Å². The second kappa shape index (κ2) is 8.79. The molecule has 11 nitrogen and oxygen atoms in total. The molecular weight excluding hydrogens is 577 g/mol. The highest BCUT2D eigenvalue weighted by atomic mass is 32.3. The lowest BCUT2D eigenvalue weighted by atomic mass is 11.5. The molecule has 0 unspecified atom stereocenters. The molecule has 0 aromatic carbocycles. The lowest BCUT2D eigenvalue weighted by molar-refractivity contribution is -0.0471. The van der Waals surface area contributed by atoms with Crippen LogP contribution in [0.15, 0.2) is 0 Å². The van der Waals surface area contributed by atoms with Gasteiger partial charge < -0.3 is 0 Å². The summed E-state index contributed by atoms with van der Waals surface area (Å²) in [6.07, 6.45) is 1.54. The summed E-state index contributed by atoms with van der Waals surface area (Å²) in [5.74, 6) is 0. The number of hydrogen-bond donors (Lipinski definition) is 1. The quantitative estimate of drug-likeness (QED) is 0.334. The first-order valence-electron chi connectivity index (χ1n) is 5.82. The molecule has 0 atom stereocenters. The predicted octanol–water partition coefficient (Wildman–Crippen LogP) is -0.268. The summed E-state index contributed by atoms with van der Waals surface area (Å²) in [5.41, 5.74) is -21.2. The van der Waals surface area contributed by atoms with E-state index < -0.39 is 70.0 Å². The lowest BCUT2D eigenvalue weighted by Crippen LogP contribution is -2.47. The van der Waals surface area contributed by atoms with Crippen molar-refractivity contribution in [2.75, 3.05) is 12.5 Å². The molecule has 25 heteroatoms. The highest BCUT2D eigenvalue weighted by Gasteiger charge is 2.63. The average molecular weight is 584 g/mol. The maximum atomic E-state index is 12.0. The van der Waals surface area contributed by atoms with E-state index in [9.17, 15) is 81.6 Å². The normalized spacial score (nSPS) is 15.4. The summed E-state index contributed by atoms with van der Waals surface area (Å²) in [5, 5.41) is 0. The summed E-state index contributed by atoms with van der Waals surface area (Å²) in [6, 6.07) is 0. The largest absolute Gasteiger partial charge is 0.470 e. The van der Waals surface area contributed by atoms with Gasteiger partial charge in [0.05, 0.1) is 16.4 Å². The van der Waals surface area contributed by atoms with E-state index in [1.807, 2.05) is 0 Å². The SMILES string of the molecule is CS(=O)(=O)NS(C)(=O)=O.O=S(=O)([C-](S(=O)(=O)C(F)(F)F)S(=O)(=O)C(F)(F)F)C(F)(F)F.